The fourth-order valence-electron chi connectivity index (χ4n) is 8.30. The number of benzene rings is 2. The zero-order valence-electron chi connectivity index (χ0n) is 28.2. The highest BCUT2D eigenvalue weighted by Crippen LogP contribution is 2.42. The van der Waals surface area contributed by atoms with Crippen LogP contribution in [0.25, 0.3) is 0 Å². The van der Waals surface area contributed by atoms with Crippen LogP contribution in [0.15, 0.2) is 73.1 Å². The van der Waals surface area contributed by atoms with Crippen LogP contribution in [0.4, 0.5) is 4.79 Å². The number of likely N-dealkylation sites (tertiary alicyclic amines) is 2. The molecule has 268 valence electrons. The number of fused-ring (bicyclic) bond motifs is 3. The molecule has 2 atom stereocenters. The van der Waals surface area contributed by atoms with Crippen LogP contribution in [-0.2, 0) is 20.4 Å². The molecule has 4 amide bonds. The van der Waals surface area contributed by atoms with E-state index in [-0.39, 0.29) is 11.3 Å². The molecule has 3 aromatic rings. The lowest BCUT2D eigenvalue weighted by Gasteiger charge is -2.52. The molecule has 0 aliphatic carbocycles. The van der Waals surface area contributed by atoms with Crippen molar-refractivity contribution in [2.75, 3.05) is 58.9 Å². The van der Waals surface area contributed by atoms with Gasteiger partial charge in [0.25, 0.3) is 5.91 Å². The number of carboxylic acid groups (broad SMARTS) is 1. The molecule has 0 spiro atoms. The molecule has 5 aliphatic rings. The summed E-state index contributed by atoms with van der Waals surface area (Å²) in [5, 5.41) is 16.4. The number of pyridine rings is 1. The molecule has 2 N–H and O–H groups in total. The molecule has 8 rings (SSSR count). The highest BCUT2D eigenvalue weighted by molar-refractivity contribution is 6.42. The molecule has 1 aromatic heterocycles. The second kappa shape index (κ2) is 14.5. The van der Waals surface area contributed by atoms with Gasteiger partial charge in [0.2, 0.25) is 12.1 Å². The topological polar surface area (TPSA) is 130 Å². The van der Waals surface area contributed by atoms with Gasteiger partial charge < -0.3 is 14.9 Å². The fourth-order valence-corrected chi connectivity index (χ4v) is 8.60. The van der Waals surface area contributed by atoms with Crippen molar-refractivity contribution in [3.63, 3.8) is 0 Å². The summed E-state index contributed by atoms with van der Waals surface area (Å²) in [5.74, 6) is -1.59. The number of nitrogens with one attached hydrogen (secondary N) is 1. The maximum atomic E-state index is 14.2. The van der Waals surface area contributed by atoms with Crippen molar-refractivity contribution in [2.45, 2.75) is 42.7 Å². The van der Waals surface area contributed by atoms with E-state index in [1.54, 1.807) is 28.4 Å². The van der Waals surface area contributed by atoms with Gasteiger partial charge in [-0.3, -0.25) is 24.8 Å². The van der Waals surface area contributed by atoms with Gasteiger partial charge in [0.1, 0.15) is 0 Å². The maximum Gasteiger partial charge on any atom is 0.343 e. The second-order valence-electron chi connectivity index (χ2n) is 14.0. The number of nitrogens with zero attached hydrogens (tertiary/aromatic N) is 6. The molecule has 6 heterocycles. The number of halogens is 2. The van der Waals surface area contributed by atoms with E-state index in [4.69, 9.17) is 23.2 Å². The number of hydrazine groups is 1. The Hall–Kier alpha value is -4.07. The van der Waals surface area contributed by atoms with E-state index in [0.29, 0.717) is 86.4 Å². The van der Waals surface area contributed by atoms with Crippen LogP contribution < -0.4 is 5.32 Å². The van der Waals surface area contributed by atoms with Gasteiger partial charge in [-0.25, -0.2) is 19.6 Å². The van der Waals surface area contributed by atoms with E-state index in [1.165, 1.54) is 5.01 Å². The van der Waals surface area contributed by atoms with Gasteiger partial charge in [0.05, 0.1) is 15.5 Å². The first-order valence-corrected chi connectivity index (χ1v) is 18.1. The van der Waals surface area contributed by atoms with E-state index in [0.717, 1.165) is 24.9 Å². The van der Waals surface area contributed by atoms with E-state index in [9.17, 15) is 24.3 Å². The number of piperidine rings is 1. The van der Waals surface area contributed by atoms with E-state index >= 15 is 0 Å². The number of aromatic nitrogens is 1. The first kappa shape index (κ1) is 35.3. The predicted octanol–water partition coefficient (Wildman–Crippen LogP) is 4.09. The van der Waals surface area contributed by atoms with Gasteiger partial charge in [0.15, 0.2) is 0 Å². The Kier molecular flexibility index (Phi) is 10.1. The Balaban J connectivity index is 1.07. The first-order valence-electron chi connectivity index (χ1n) is 17.4. The zero-order valence-corrected chi connectivity index (χ0v) is 29.7. The standard InChI is InChI=1S/C37H41Cl2N7O5/c38-29-9-8-27(23-30(29)39)36(11-18-44(25-36)32(47)26-5-2-1-3-6-26)10-15-42-16-12-37(13-17-42,28-7-4-14-40-24-28)34(50)41-35(51)46-31(33(48)49)43-19-21-45(46)22-20-43/h1-9,14,23-24,31H,10-13,15-22,25H2,(H,48,49)(H,41,50,51). The minimum Gasteiger partial charge on any atom is -0.479 e. The smallest absolute Gasteiger partial charge is 0.343 e. The monoisotopic (exact) mass is 733 g/mol. The Morgan fingerprint density at radius 1 is 0.843 bits per heavy atom. The highest BCUT2D eigenvalue weighted by Gasteiger charge is 2.49. The van der Waals surface area contributed by atoms with Crippen molar-refractivity contribution in [3.8, 4) is 0 Å². The van der Waals surface area contributed by atoms with Crippen LogP contribution in [0.1, 0.15) is 47.2 Å². The van der Waals surface area contributed by atoms with E-state index < -0.39 is 29.5 Å². The summed E-state index contributed by atoms with van der Waals surface area (Å²) in [6, 6.07) is 18.0. The zero-order chi connectivity index (χ0) is 35.8. The number of carbonyl (C=O) groups is 4. The SMILES string of the molecule is O=C(O)C1N2CCN(CC2)N1C(=O)NC(=O)C1(c2cccnc2)CCN(CCC2(c3ccc(Cl)c(Cl)c3)CCN(C(=O)c3ccccc3)C2)CC1. The molecule has 14 heteroatoms. The molecule has 5 aliphatic heterocycles. The predicted molar refractivity (Wildman–Crippen MR) is 191 cm³/mol. The number of carboxylic acids is 1. The molecule has 5 fully saturated rings. The first-order chi connectivity index (χ1) is 24.6. The quantitative estimate of drug-likeness (QED) is 0.352. The molecule has 0 saturated carbocycles. The van der Waals surface area contributed by atoms with Crippen LogP contribution in [0.3, 0.4) is 0 Å². The average Bonchev–Trinajstić information content (AvgIpc) is 3.61. The number of imide groups is 1. The van der Waals surface area contributed by atoms with Gasteiger partial charge in [-0.2, -0.15) is 0 Å². The average molecular weight is 735 g/mol. The van der Waals surface area contributed by atoms with Gasteiger partial charge in [-0.15, -0.1) is 0 Å². The number of rotatable bonds is 8. The Morgan fingerprint density at radius 2 is 1.59 bits per heavy atom. The van der Waals surface area contributed by atoms with Crippen LogP contribution in [0.5, 0.6) is 0 Å². The van der Waals surface area contributed by atoms with E-state index in [2.05, 4.69) is 15.2 Å². The number of hydrogen-bond donors (Lipinski definition) is 2. The van der Waals surface area contributed by atoms with Gasteiger partial charge in [-0.1, -0.05) is 53.5 Å². The highest BCUT2D eigenvalue weighted by atomic mass is 35.5. The van der Waals surface area contributed by atoms with Gasteiger partial charge in [0, 0.05) is 62.6 Å². The Labute approximate surface area is 306 Å². The summed E-state index contributed by atoms with van der Waals surface area (Å²) >= 11 is 12.8. The molecular formula is C37H41Cl2N7O5. The molecule has 51 heavy (non-hydrogen) atoms. The minimum atomic E-state index is -1.16. The summed E-state index contributed by atoms with van der Waals surface area (Å²) in [4.78, 5) is 63.8. The normalized spacial score (nSPS) is 25.8. The maximum absolute atomic E-state index is 14.2. The third kappa shape index (κ3) is 6.83. The Bertz CT molecular complexity index is 1780. The summed E-state index contributed by atoms with van der Waals surface area (Å²) < 4.78 is 0. The minimum absolute atomic E-state index is 0.00151. The van der Waals surface area contributed by atoms with Crippen molar-refractivity contribution in [1.29, 1.82) is 0 Å². The van der Waals surface area contributed by atoms with Crippen LogP contribution in [0.2, 0.25) is 10.0 Å². The lowest BCUT2D eigenvalue weighted by atomic mass is 9.72. The van der Waals surface area contributed by atoms with Crippen molar-refractivity contribution < 1.29 is 24.3 Å². The number of aliphatic carboxylic acids is 1. The summed E-state index contributed by atoms with van der Waals surface area (Å²) in [5.41, 5.74) is 1.03. The molecule has 2 unspecified atom stereocenters. The van der Waals surface area contributed by atoms with Crippen molar-refractivity contribution in [3.05, 3.63) is 99.8 Å². The van der Waals surface area contributed by atoms with Crippen LogP contribution >= 0.6 is 23.2 Å². The number of urea groups is 1. The molecule has 2 aromatic carbocycles. The number of amides is 4. The number of hydrogen-bond acceptors (Lipinski definition) is 8. The lowest BCUT2D eigenvalue weighted by molar-refractivity contribution is -0.190. The number of carbonyl (C=O) groups excluding carboxylic acids is 3. The summed E-state index contributed by atoms with van der Waals surface area (Å²) in [7, 11) is 0. The third-order valence-electron chi connectivity index (χ3n) is 11.3. The van der Waals surface area contributed by atoms with Gasteiger partial charge >= 0.3 is 12.0 Å². The summed E-state index contributed by atoms with van der Waals surface area (Å²) in [6.45, 7) is 5.14. The molecule has 2 bridgehead atoms. The largest absolute Gasteiger partial charge is 0.479 e. The van der Waals surface area contributed by atoms with Crippen molar-refractivity contribution in [1.82, 2.24) is 35.0 Å². The molecule has 0 radical (unpaired) electrons. The lowest BCUT2D eigenvalue weighted by Crippen LogP contribution is -2.74. The van der Waals surface area contributed by atoms with E-state index in [1.807, 2.05) is 59.5 Å². The fraction of sp³-hybridized carbons (Fsp3) is 0.432. The Morgan fingerprint density at radius 3 is 2.25 bits per heavy atom. The van der Waals surface area contributed by atoms with Gasteiger partial charge in [-0.05, 0) is 86.8 Å². The molecular weight excluding hydrogens is 693 g/mol. The summed E-state index contributed by atoms with van der Waals surface area (Å²) in [6.07, 6.45) is 4.57. The molecule has 5 saturated heterocycles. The van der Waals surface area contributed by atoms with Crippen LogP contribution in [0, 0.1) is 0 Å². The van der Waals surface area contributed by atoms with Crippen molar-refractivity contribution >= 4 is 47.0 Å². The van der Waals surface area contributed by atoms with Crippen LogP contribution in [-0.4, -0.2) is 124 Å². The number of piperazine rings is 1. The second-order valence-corrected chi connectivity index (χ2v) is 14.8. The van der Waals surface area contributed by atoms with Crippen molar-refractivity contribution in [2.24, 2.45) is 0 Å². The molecule has 12 nitrogen and oxygen atoms in total. The third-order valence-corrected chi connectivity index (χ3v) is 12.0.